The Morgan fingerprint density at radius 1 is 1.68 bits per heavy atom. The lowest BCUT2D eigenvalue weighted by molar-refractivity contribution is -0.0597. The maximum atomic E-state index is 11.7. The highest BCUT2D eigenvalue weighted by Gasteiger charge is 2.20. The number of rotatable bonds is 5. The first-order valence-electron chi connectivity index (χ1n) is 6.03. The molecule has 0 aliphatic carbocycles. The standard InChI is InChI=1S/C12H18N4O2S/c1-5-6-8(2)10-9(7-13)11(19-15-10)14-12(17)16(3)18-4/h8H,5-6H2,1-4H3,(H,14,17). The Hall–Kier alpha value is -1.65. The third kappa shape index (κ3) is 3.66. The molecular weight excluding hydrogens is 264 g/mol. The summed E-state index contributed by atoms with van der Waals surface area (Å²) in [6.07, 6.45) is 1.99. The second-order valence-corrected chi connectivity index (χ2v) is 4.96. The lowest BCUT2D eigenvalue weighted by Crippen LogP contribution is -2.30. The summed E-state index contributed by atoms with van der Waals surface area (Å²) in [7, 11) is 2.88. The van der Waals surface area contributed by atoms with Gasteiger partial charge < -0.3 is 0 Å². The second-order valence-electron chi connectivity index (χ2n) is 4.18. The van der Waals surface area contributed by atoms with E-state index in [1.807, 2.05) is 6.92 Å². The highest BCUT2D eigenvalue weighted by Crippen LogP contribution is 2.31. The number of carbonyl (C=O) groups is 1. The van der Waals surface area contributed by atoms with Crippen molar-refractivity contribution in [1.82, 2.24) is 9.44 Å². The quantitative estimate of drug-likeness (QED) is 0.842. The van der Waals surface area contributed by atoms with Crippen LogP contribution in [-0.2, 0) is 4.84 Å². The van der Waals surface area contributed by atoms with Crippen molar-refractivity contribution in [2.75, 3.05) is 19.5 Å². The largest absolute Gasteiger partial charge is 0.346 e. The molecule has 6 nitrogen and oxygen atoms in total. The Kier molecular flexibility index (Phi) is 5.73. The van der Waals surface area contributed by atoms with Gasteiger partial charge in [-0.25, -0.2) is 9.86 Å². The topological polar surface area (TPSA) is 78.2 Å². The van der Waals surface area contributed by atoms with E-state index in [2.05, 4.69) is 22.7 Å². The molecule has 1 aromatic heterocycles. The van der Waals surface area contributed by atoms with Crippen LogP contribution in [0.15, 0.2) is 0 Å². The molecule has 1 atom stereocenters. The molecule has 0 saturated heterocycles. The molecule has 1 aromatic rings. The highest BCUT2D eigenvalue weighted by molar-refractivity contribution is 7.10. The number of nitrogens with zero attached hydrogens (tertiary/aromatic N) is 3. The zero-order valence-corrected chi connectivity index (χ0v) is 12.4. The average Bonchev–Trinajstić information content (AvgIpc) is 2.80. The summed E-state index contributed by atoms with van der Waals surface area (Å²) in [5.74, 6) is 0.210. The Bertz CT molecular complexity index is 481. The highest BCUT2D eigenvalue weighted by atomic mass is 32.1. The molecule has 1 rings (SSSR count). The van der Waals surface area contributed by atoms with Crippen LogP contribution in [0.1, 0.15) is 43.9 Å². The van der Waals surface area contributed by atoms with Crippen LogP contribution < -0.4 is 5.32 Å². The monoisotopic (exact) mass is 282 g/mol. The van der Waals surface area contributed by atoms with Gasteiger partial charge in [-0.2, -0.15) is 9.64 Å². The van der Waals surface area contributed by atoms with Crippen molar-refractivity contribution in [2.45, 2.75) is 32.6 Å². The van der Waals surface area contributed by atoms with E-state index in [1.54, 1.807) is 0 Å². The number of hydroxylamine groups is 2. The van der Waals surface area contributed by atoms with Crippen molar-refractivity contribution in [2.24, 2.45) is 0 Å². The van der Waals surface area contributed by atoms with E-state index in [1.165, 1.54) is 14.2 Å². The van der Waals surface area contributed by atoms with Crippen LogP contribution in [0, 0.1) is 11.3 Å². The number of hydrogen-bond acceptors (Lipinski definition) is 5. The molecule has 1 N–H and O–H groups in total. The van der Waals surface area contributed by atoms with Crippen molar-refractivity contribution in [3.05, 3.63) is 11.3 Å². The summed E-state index contributed by atoms with van der Waals surface area (Å²) in [5.41, 5.74) is 1.20. The van der Waals surface area contributed by atoms with Crippen LogP contribution in [0.2, 0.25) is 0 Å². The van der Waals surface area contributed by atoms with Gasteiger partial charge in [0.2, 0.25) is 0 Å². The van der Waals surface area contributed by atoms with E-state index in [0.29, 0.717) is 10.6 Å². The molecule has 0 saturated carbocycles. The minimum atomic E-state index is -0.433. The van der Waals surface area contributed by atoms with E-state index >= 15 is 0 Å². The molecule has 1 heterocycles. The molecule has 1 unspecified atom stereocenters. The van der Waals surface area contributed by atoms with Crippen molar-refractivity contribution >= 4 is 22.6 Å². The molecule has 0 aliphatic rings. The maximum absolute atomic E-state index is 11.7. The number of nitrogens with one attached hydrogen (secondary N) is 1. The predicted octanol–water partition coefficient (Wildman–Crippen LogP) is 2.94. The number of urea groups is 1. The molecule has 0 aromatic carbocycles. The first kappa shape index (κ1) is 15.4. The van der Waals surface area contributed by atoms with Crippen molar-refractivity contribution in [3.63, 3.8) is 0 Å². The Morgan fingerprint density at radius 3 is 2.89 bits per heavy atom. The third-order valence-corrected chi connectivity index (χ3v) is 3.58. The smallest absolute Gasteiger partial charge is 0.295 e. The average molecular weight is 282 g/mol. The van der Waals surface area contributed by atoms with Gasteiger partial charge in [-0.15, -0.1) is 0 Å². The first-order chi connectivity index (χ1) is 9.04. The Labute approximate surface area is 117 Å². The zero-order chi connectivity index (χ0) is 14.4. The van der Waals surface area contributed by atoms with Crippen LogP contribution in [0.25, 0.3) is 0 Å². The van der Waals surface area contributed by atoms with Crippen LogP contribution in [-0.4, -0.2) is 29.6 Å². The second kappa shape index (κ2) is 7.07. The van der Waals surface area contributed by atoms with Crippen LogP contribution in [0.5, 0.6) is 0 Å². The summed E-state index contributed by atoms with van der Waals surface area (Å²) in [4.78, 5) is 16.4. The Balaban J connectivity index is 2.92. The number of carbonyl (C=O) groups excluding carboxylic acids is 1. The van der Waals surface area contributed by atoms with Crippen LogP contribution in [0.4, 0.5) is 9.80 Å². The van der Waals surface area contributed by atoms with Gasteiger partial charge in [-0.1, -0.05) is 20.3 Å². The van der Waals surface area contributed by atoms with E-state index in [4.69, 9.17) is 4.84 Å². The molecule has 19 heavy (non-hydrogen) atoms. The molecule has 0 bridgehead atoms. The molecule has 0 radical (unpaired) electrons. The third-order valence-electron chi connectivity index (χ3n) is 2.80. The molecule has 0 fully saturated rings. The minimum absolute atomic E-state index is 0.210. The summed E-state index contributed by atoms with van der Waals surface area (Å²) in [6.45, 7) is 4.12. The van der Waals surface area contributed by atoms with Gasteiger partial charge in [0.25, 0.3) is 0 Å². The molecular formula is C12H18N4O2S. The molecule has 2 amide bonds. The molecule has 0 aliphatic heterocycles. The summed E-state index contributed by atoms with van der Waals surface area (Å²) in [5, 5.41) is 13.4. The van der Waals surface area contributed by atoms with Crippen molar-refractivity contribution < 1.29 is 9.63 Å². The fraction of sp³-hybridized carbons (Fsp3) is 0.583. The first-order valence-corrected chi connectivity index (χ1v) is 6.80. The number of aromatic nitrogens is 1. The zero-order valence-electron chi connectivity index (χ0n) is 11.6. The van der Waals surface area contributed by atoms with E-state index in [0.717, 1.165) is 35.1 Å². The molecule has 104 valence electrons. The number of hydrogen-bond donors (Lipinski definition) is 1. The van der Waals surface area contributed by atoms with E-state index in [-0.39, 0.29) is 5.92 Å². The fourth-order valence-corrected chi connectivity index (χ4v) is 2.50. The fourth-order valence-electron chi connectivity index (χ4n) is 1.66. The summed E-state index contributed by atoms with van der Waals surface area (Å²) in [6, 6.07) is 1.69. The predicted molar refractivity (Wildman–Crippen MR) is 73.9 cm³/mol. The minimum Gasteiger partial charge on any atom is -0.295 e. The van der Waals surface area contributed by atoms with Gasteiger partial charge in [-0.3, -0.25) is 10.2 Å². The van der Waals surface area contributed by atoms with Gasteiger partial charge >= 0.3 is 6.03 Å². The van der Waals surface area contributed by atoms with Gasteiger partial charge in [-0.05, 0) is 18.0 Å². The van der Waals surface area contributed by atoms with Gasteiger partial charge in [0, 0.05) is 13.0 Å². The lowest BCUT2D eigenvalue weighted by Gasteiger charge is -2.13. The van der Waals surface area contributed by atoms with Gasteiger partial charge in [0.1, 0.15) is 16.6 Å². The maximum Gasteiger partial charge on any atom is 0.346 e. The SMILES string of the molecule is CCCC(C)c1nsc(NC(=O)N(C)OC)c1C#N. The van der Waals surface area contributed by atoms with Crippen molar-refractivity contribution in [3.8, 4) is 6.07 Å². The van der Waals surface area contributed by atoms with Crippen molar-refractivity contribution in [1.29, 1.82) is 5.26 Å². The number of amides is 2. The summed E-state index contributed by atoms with van der Waals surface area (Å²) >= 11 is 1.12. The van der Waals surface area contributed by atoms with Gasteiger partial charge in [0.05, 0.1) is 12.8 Å². The van der Waals surface area contributed by atoms with E-state index in [9.17, 15) is 10.1 Å². The normalized spacial score (nSPS) is 11.7. The number of anilines is 1. The van der Waals surface area contributed by atoms with Crippen LogP contribution >= 0.6 is 11.5 Å². The Morgan fingerprint density at radius 2 is 2.37 bits per heavy atom. The summed E-state index contributed by atoms with van der Waals surface area (Å²) < 4.78 is 4.29. The van der Waals surface area contributed by atoms with Crippen LogP contribution in [0.3, 0.4) is 0 Å². The van der Waals surface area contributed by atoms with Gasteiger partial charge in [0.15, 0.2) is 0 Å². The molecule has 7 heteroatoms. The molecule has 0 spiro atoms. The van der Waals surface area contributed by atoms with E-state index < -0.39 is 6.03 Å². The lowest BCUT2D eigenvalue weighted by atomic mass is 9.99. The number of nitriles is 1.